The number of likely N-dealkylation sites (N-methyl/N-ethyl adjacent to an activating group) is 1. The van der Waals surface area contributed by atoms with E-state index in [0.717, 1.165) is 36.9 Å². The van der Waals surface area contributed by atoms with Gasteiger partial charge in [0.25, 0.3) is 0 Å². The van der Waals surface area contributed by atoms with Crippen LogP contribution in [-0.2, 0) is 4.79 Å². The van der Waals surface area contributed by atoms with Crippen molar-refractivity contribution in [2.45, 2.75) is 12.0 Å². The van der Waals surface area contributed by atoms with Gasteiger partial charge in [-0.05, 0) is 24.9 Å². The molecule has 1 atom stereocenters. The first kappa shape index (κ1) is 14.2. The Kier molecular flexibility index (Phi) is 3.43. The van der Waals surface area contributed by atoms with E-state index in [9.17, 15) is 4.79 Å². The van der Waals surface area contributed by atoms with Crippen molar-refractivity contribution < 1.29 is 4.79 Å². The summed E-state index contributed by atoms with van der Waals surface area (Å²) in [6.07, 6.45) is 2.92. The van der Waals surface area contributed by atoms with E-state index in [-0.39, 0.29) is 11.4 Å². The van der Waals surface area contributed by atoms with E-state index in [2.05, 4.69) is 27.2 Å². The highest BCUT2D eigenvalue weighted by Gasteiger charge is 2.48. The Hall–Kier alpha value is -1.44. The second-order valence-corrected chi connectivity index (χ2v) is 7.68. The third-order valence-corrected chi connectivity index (χ3v) is 6.28. The largest absolute Gasteiger partial charge is 0.346 e. The molecule has 7 heteroatoms. The lowest BCUT2D eigenvalue weighted by atomic mass is 9.93. The van der Waals surface area contributed by atoms with Gasteiger partial charge in [-0.15, -0.1) is 11.3 Å². The summed E-state index contributed by atoms with van der Waals surface area (Å²) < 4.78 is 0. The number of nitrogens with zero attached hydrogens (tertiary/aromatic N) is 4. The van der Waals surface area contributed by atoms with E-state index in [4.69, 9.17) is 0 Å². The zero-order valence-electron chi connectivity index (χ0n) is 12.4. The van der Waals surface area contributed by atoms with Crippen molar-refractivity contribution in [3.8, 4) is 0 Å². The van der Waals surface area contributed by atoms with Crippen LogP contribution in [0.4, 0.5) is 10.8 Å². The molecule has 0 saturated carbocycles. The van der Waals surface area contributed by atoms with Gasteiger partial charge in [0.15, 0.2) is 5.13 Å². The molecule has 4 rings (SSSR count). The SMILES string of the molecule is CN1CC(=O)N(c2ccsc2)C[C@@]12CCN(c1nccs1)C2. The zero-order chi connectivity index (χ0) is 15.2. The molecule has 2 aromatic rings. The lowest BCUT2D eigenvalue weighted by Gasteiger charge is -2.46. The van der Waals surface area contributed by atoms with Gasteiger partial charge in [0.05, 0.1) is 17.8 Å². The van der Waals surface area contributed by atoms with Crippen molar-refractivity contribution in [1.82, 2.24) is 9.88 Å². The van der Waals surface area contributed by atoms with Crippen LogP contribution >= 0.6 is 22.7 Å². The van der Waals surface area contributed by atoms with Crippen molar-refractivity contribution in [3.63, 3.8) is 0 Å². The van der Waals surface area contributed by atoms with Crippen molar-refractivity contribution in [2.24, 2.45) is 0 Å². The maximum atomic E-state index is 12.4. The monoisotopic (exact) mass is 334 g/mol. The minimum absolute atomic E-state index is 0.0293. The van der Waals surface area contributed by atoms with Gasteiger partial charge >= 0.3 is 0 Å². The molecule has 1 amide bonds. The minimum atomic E-state index is 0.0293. The first-order chi connectivity index (χ1) is 10.7. The van der Waals surface area contributed by atoms with Gasteiger partial charge in [0.2, 0.25) is 5.91 Å². The van der Waals surface area contributed by atoms with Crippen molar-refractivity contribution in [2.75, 3.05) is 43.0 Å². The smallest absolute Gasteiger partial charge is 0.241 e. The molecule has 5 nitrogen and oxygen atoms in total. The van der Waals surface area contributed by atoms with Gasteiger partial charge in [-0.1, -0.05) is 0 Å². The second-order valence-electron chi connectivity index (χ2n) is 6.03. The topological polar surface area (TPSA) is 39.7 Å². The first-order valence-corrected chi connectivity index (χ1v) is 9.18. The van der Waals surface area contributed by atoms with Crippen LogP contribution < -0.4 is 9.80 Å². The van der Waals surface area contributed by atoms with Gasteiger partial charge in [-0.3, -0.25) is 9.69 Å². The highest BCUT2D eigenvalue weighted by molar-refractivity contribution is 7.13. The molecule has 2 fully saturated rings. The van der Waals surface area contributed by atoms with Crippen molar-refractivity contribution >= 4 is 39.4 Å². The van der Waals surface area contributed by atoms with E-state index in [0.29, 0.717) is 6.54 Å². The zero-order valence-corrected chi connectivity index (χ0v) is 14.1. The van der Waals surface area contributed by atoms with Gasteiger partial charge < -0.3 is 9.80 Å². The number of hydrogen-bond donors (Lipinski definition) is 0. The minimum Gasteiger partial charge on any atom is -0.346 e. The number of rotatable bonds is 2. The predicted molar refractivity (Wildman–Crippen MR) is 91.0 cm³/mol. The number of piperazine rings is 1. The van der Waals surface area contributed by atoms with E-state index < -0.39 is 0 Å². The van der Waals surface area contributed by atoms with Crippen LogP contribution in [0.1, 0.15) is 6.42 Å². The maximum absolute atomic E-state index is 12.4. The predicted octanol–water partition coefficient (Wildman–Crippen LogP) is 2.13. The van der Waals surface area contributed by atoms with Crippen LogP contribution in [0.3, 0.4) is 0 Å². The highest BCUT2D eigenvalue weighted by atomic mass is 32.1. The Morgan fingerprint density at radius 3 is 2.95 bits per heavy atom. The summed E-state index contributed by atoms with van der Waals surface area (Å²) in [5, 5.41) is 7.20. The average Bonchev–Trinajstić information content (AvgIpc) is 3.23. The molecule has 4 heterocycles. The van der Waals surface area contributed by atoms with E-state index >= 15 is 0 Å². The Bertz CT molecular complexity index is 657. The lowest BCUT2D eigenvalue weighted by molar-refractivity contribution is -0.123. The lowest BCUT2D eigenvalue weighted by Crippen LogP contribution is -2.64. The quantitative estimate of drug-likeness (QED) is 0.843. The fourth-order valence-electron chi connectivity index (χ4n) is 3.44. The molecule has 22 heavy (non-hydrogen) atoms. The summed E-state index contributed by atoms with van der Waals surface area (Å²) in [4.78, 5) is 23.4. The summed E-state index contributed by atoms with van der Waals surface area (Å²) in [5.74, 6) is 0.194. The molecule has 0 bridgehead atoms. The highest BCUT2D eigenvalue weighted by Crippen LogP contribution is 2.36. The Morgan fingerprint density at radius 1 is 1.32 bits per heavy atom. The first-order valence-electron chi connectivity index (χ1n) is 7.36. The summed E-state index contributed by atoms with van der Waals surface area (Å²) >= 11 is 3.32. The third-order valence-electron chi connectivity index (χ3n) is 4.78. The molecule has 2 aliphatic heterocycles. The molecule has 0 unspecified atom stereocenters. The Morgan fingerprint density at radius 2 is 2.23 bits per heavy atom. The summed E-state index contributed by atoms with van der Waals surface area (Å²) in [5.41, 5.74) is 1.07. The van der Waals surface area contributed by atoms with Crippen LogP contribution in [0.5, 0.6) is 0 Å². The van der Waals surface area contributed by atoms with Gasteiger partial charge in [-0.2, -0.15) is 11.3 Å². The number of carbonyl (C=O) groups is 1. The number of aromatic nitrogens is 1. The van der Waals surface area contributed by atoms with Crippen molar-refractivity contribution in [1.29, 1.82) is 0 Å². The molecule has 2 saturated heterocycles. The number of thiophene rings is 1. The number of hydrogen-bond acceptors (Lipinski definition) is 6. The molecule has 1 spiro atoms. The number of anilines is 2. The molecule has 2 aromatic heterocycles. The van der Waals surface area contributed by atoms with Crippen LogP contribution in [0.15, 0.2) is 28.4 Å². The van der Waals surface area contributed by atoms with Crippen LogP contribution in [-0.4, -0.2) is 54.6 Å². The molecule has 2 aliphatic rings. The molecule has 116 valence electrons. The van der Waals surface area contributed by atoms with Crippen LogP contribution in [0.25, 0.3) is 0 Å². The van der Waals surface area contributed by atoms with Crippen molar-refractivity contribution in [3.05, 3.63) is 28.4 Å². The molecule has 0 aliphatic carbocycles. The Balaban J connectivity index is 1.59. The molecular weight excluding hydrogens is 316 g/mol. The average molecular weight is 334 g/mol. The third kappa shape index (κ3) is 2.24. The number of thiazole rings is 1. The fourth-order valence-corrected chi connectivity index (χ4v) is 4.75. The normalized spacial score (nSPS) is 26.3. The van der Waals surface area contributed by atoms with E-state index in [1.807, 2.05) is 27.9 Å². The Labute approximate surface area is 137 Å². The molecule has 0 N–H and O–H groups in total. The fraction of sp³-hybridized carbons (Fsp3) is 0.467. The van der Waals surface area contributed by atoms with Gasteiger partial charge in [0, 0.05) is 36.6 Å². The second kappa shape index (κ2) is 5.33. The van der Waals surface area contributed by atoms with Crippen LogP contribution in [0.2, 0.25) is 0 Å². The molecule has 0 aromatic carbocycles. The maximum Gasteiger partial charge on any atom is 0.241 e. The number of amides is 1. The van der Waals surface area contributed by atoms with Gasteiger partial charge in [-0.25, -0.2) is 4.98 Å². The van der Waals surface area contributed by atoms with Gasteiger partial charge in [0.1, 0.15) is 0 Å². The summed E-state index contributed by atoms with van der Waals surface area (Å²) in [6.45, 7) is 3.19. The molecular formula is C15H18N4OS2. The summed E-state index contributed by atoms with van der Waals surface area (Å²) in [7, 11) is 2.08. The van der Waals surface area contributed by atoms with E-state index in [1.165, 1.54) is 0 Å². The standard InChI is InChI=1S/C15H18N4OS2/c1-17-8-13(20)19(12-2-6-21-9-12)11-15(17)3-5-18(10-15)14-16-4-7-22-14/h2,4,6-7,9H,3,5,8,10-11H2,1H3/t15-/m0/s1. The summed E-state index contributed by atoms with van der Waals surface area (Å²) in [6, 6.07) is 2.04. The van der Waals surface area contributed by atoms with E-state index in [1.54, 1.807) is 22.7 Å². The molecule has 0 radical (unpaired) electrons. The number of carbonyl (C=O) groups excluding carboxylic acids is 1. The van der Waals surface area contributed by atoms with Crippen LogP contribution in [0, 0.1) is 0 Å².